The third-order valence-corrected chi connectivity index (χ3v) is 4.22. The van der Waals surface area contributed by atoms with Gasteiger partial charge in [0.2, 0.25) is 0 Å². The third kappa shape index (κ3) is 3.64. The van der Waals surface area contributed by atoms with E-state index >= 15 is 0 Å². The Balaban J connectivity index is 1.54. The molecule has 2 aromatic rings. The summed E-state index contributed by atoms with van der Waals surface area (Å²) in [5.41, 5.74) is 0.596. The molecule has 0 spiro atoms. The zero-order chi connectivity index (χ0) is 14.7. The van der Waals surface area contributed by atoms with Gasteiger partial charge in [0.15, 0.2) is 0 Å². The SMILES string of the molecule is Fc1cccc(Cl)c1CN1CCN(Cc2ccco2)CC1. The van der Waals surface area contributed by atoms with Crippen molar-refractivity contribution in [3.63, 3.8) is 0 Å². The number of furan rings is 1. The normalized spacial score (nSPS) is 17.2. The molecule has 0 bridgehead atoms. The Morgan fingerprint density at radius 2 is 1.71 bits per heavy atom. The summed E-state index contributed by atoms with van der Waals surface area (Å²) in [6.45, 7) is 5.12. The van der Waals surface area contributed by atoms with Crippen molar-refractivity contribution < 1.29 is 8.81 Å². The highest BCUT2D eigenvalue weighted by molar-refractivity contribution is 6.31. The van der Waals surface area contributed by atoms with Gasteiger partial charge in [-0.15, -0.1) is 0 Å². The molecule has 3 nitrogen and oxygen atoms in total. The predicted octanol–water partition coefficient (Wildman–Crippen LogP) is 3.39. The number of benzene rings is 1. The fraction of sp³-hybridized carbons (Fsp3) is 0.375. The summed E-state index contributed by atoms with van der Waals surface area (Å²) in [6, 6.07) is 8.75. The summed E-state index contributed by atoms with van der Waals surface area (Å²) in [4.78, 5) is 4.58. The molecule has 0 atom stereocenters. The van der Waals surface area contributed by atoms with Gasteiger partial charge in [-0.2, -0.15) is 0 Å². The molecule has 5 heteroatoms. The zero-order valence-corrected chi connectivity index (χ0v) is 12.5. The Labute approximate surface area is 128 Å². The Hall–Kier alpha value is -1.36. The van der Waals surface area contributed by atoms with Crippen LogP contribution in [-0.2, 0) is 13.1 Å². The van der Waals surface area contributed by atoms with E-state index in [0.717, 1.165) is 38.5 Å². The van der Waals surface area contributed by atoms with Crippen LogP contribution in [0.5, 0.6) is 0 Å². The van der Waals surface area contributed by atoms with Gasteiger partial charge in [0.25, 0.3) is 0 Å². The van der Waals surface area contributed by atoms with Crippen molar-refractivity contribution in [2.24, 2.45) is 0 Å². The van der Waals surface area contributed by atoms with E-state index in [2.05, 4.69) is 9.80 Å². The second-order valence-corrected chi connectivity index (χ2v) is 5.74. The number of hydrogen-bond acceptors (Lipinski definition) is 3. The molecule has 1 aliphatic rings. The lowest BCUT2D eigenvalue weighted by Gasteiger charge is -2.34. The van der Waals surface area contributed by atoms with E-state index in [0.29, 0.717) is 17.1 Å². The maximum atomic E-state index is 13.8. The molecule has 1 aliphatic heterocycles. The van der Waals surface area contributed by atoms with Crippen LogP contribution in [0.25, 0.3) is 0 Å². The van der Waals surface area contributed by atoms with Gasteiger partial charge in [-0.05, 0) is 24.3 Å². The number of piperazine rings is 1. The molecule has 1 fully saturated rings. The first-order chi connectivity index (χ1) is 10.2. The Morgan fingerprint density at radius 1 is 1.00 bits per heavy atom. The van der Waals surface area contributed by atoms with Gasteiger partial charge >= 0.3 is 0 Å². The minimum atomic E-state index is -0.222. The highest BCUT2D eigenvalue weighted by Crippen LogP contribution is 2.21. The van der Waals surface area contributed by atoms with Crippen LogP contribution in [0, 0.1) is 5.82 Å². The molecule has 0 N–H and O–H groups in total. The van der Waals surface area contributed by atoms with Gasteiger partial charge in [-0.1, -0.05) is 17.7 Å². The lowest BCUT2D eigenvalue weighted by Crippen LogP contribution is -2.45. The molecule has 112 valence electrons. The summed E-state index contributed by atoms with van der Waals surface area (Å²) in [5, 5.41) is 0.507. The van der Waals surface area contributed by atoms with Crippen molar-refractivity contribution in [3.8, 4) is 0 Å². The van der Waals surface area contributed by atoms with Gasteiger partial charge < -0.3 is 4.42 Å². The van der Waals surface area contributed by atoms with Crippen molar-refractivity contribution in [3.05, 3.63) is 58.8 Å². The molecular weight excluding hydrogens is 291 g/mol. The first-order valence-corrected chi connectivity index (χ1v) is 7.50. The Morgan fingerprint density at radius 3 is 2.33 bits per heavy atom. The van der Waals surface area contributed by atoms with Crippen LogP contribution >= 0.6 is 11.6 Å². The van der Waals surface area contributed by atoms with Crippen LogP contribution in [0.1, 0.15) is 11.3 Å². The molecule has 0 radical (unpaired) electrons. The van der Waals surface area contributed by atoms with E-state index in [4.69, 9.17) is 16.0 Å². The van der Waals surface area contributed by atoms with Gasteiger partial charge in [-0.25, -0.2) is 4.39 Å². The highest BCUT2D eigenvalue weighted by atomic mass is 35.5. The average Bonchev–Trinajstić information content (AvgIpc) is 2.98. The number of rotatable bonds is 4. The van der Waals surface area contributed by atoms with Crippen LogP contribution in [0.15, 0.2) is 41.0 Å². The van der Waals surface area contributed by atoms with E-state index in [1.54, 1.807) is 18.4 Å². The van der Waals surface area contributed by atoms with Gasteiger partial charge in [-0.3, -0.25) is 9.80 Å². The summed E-state index contributed by atoms with van der Waals surface area (Å²) in [5.74, 6) is 0.765. The second kappa shape index (κ2) is 6.60. The fourth-order valence-electron chi connectivity index (χ4n) is 2.64. The molecule has 1 aromatic carbocycles. The molecule has 1 saturated heterocycles. The maximum absolute atomic E-state index is 13.8. The Kier molecular flexibility index (Phi) is 4.58. The number of halogens is 2. The molecule has 0 unspecified atom stereocenters. The van der Waals surface area contributed by atoms with Crippen LogP contribution in [0.2, 0.25) is 5.02 Å². The first kappa shape index (κ1) is 14.6. The molecule has 0 aliphatic carbocycles. The second-order valence-electron chi connectivity index (χ2n) is 5.33. The lowest BCUT2D eigenvalue weighted by molar-refractivity contribution is 0.115. The first-order valence-electron chi connectivity index (χ1n) is 7.12. The van der Waals surface area contributed by atoms with Crippen molar-refractivity contribution in [2.45, 2.75) is 13.1 Å². The zero-order valence-electron chi connectivity index (χ0n) is 11.8. The van der Waals surface area contributed by atoms with E-state index < -0.39 is 0 Å². The Bertz CT molecular complexity index is 560. The number of nitrogens with zero attached hydrogens (tertiary/aromatic N) is 2. The van der Waals surface area contributed by atoms with E-state index in [1.165, 1.54) is 6.07 Å². The van der Waals surface area contributed by atoms with Crippen LogP contribution in [0.4, 0.5) is 4.39 Å². The van der Waals surface area contributed by atoms with Gasteiger partial charge in [0, 0.05) is 43.3 Å². The van der Waals surface area contributed by atoms with Crippen LogP contribution in [-0.4, -0.2) is 36.0 Å². The molecule has 1 aromatic heterocycles. The summed E-state index contributed by atoms with van der Waals surface area (Å²) >= 11 is 6.08. The minimum absolute atomic E-state index is 0.222. The van der Waals surface area contributed by atoms with Crippen LogP contribution in [0.3, 0.4) is 0 Å². The topological polar surface area (TPSA) is 19.6 Å². The van der Waals surface area contributed by atoms with Crippen LogP contribution < -0.4 is 0 Å². The predicted molar refractivity (Wildman–Crippen MR) is 80.7 cm³/mol. The van der Waals surface area contributed by atoms with E-state index in [1.807, 2.05) is 12.1 Å². The monoisotopic (exact) mass is 308 g/mol. The highest BCUT2D eigenvalue weighted by Gasteiger charge is 2.19. The molecular formula is C16H18ClFN2O. The largest absolute Gasteiger partial charge is 0.468 e. The van der Waals surface area contributed by atoms with E-state index in [-0.39, 0.29) is 5.82 Å². The molecule has 21 heavy (non-hydrogen) atoms. The fourth-order valence-corrected chi connectivity index (χ4v) is 2.86. The molecule has 2 heterocycles. The standard InChI is InChI=1S/C16H18ClFN2O/c17-15-4-1-5-16(18)14(15)12-20-8-6-19(7-9-20)11-13-3-2-10-21-13/h1-5,10H,6-9,11-12H2. The minimum Gasteiger partial charge on any atom is -0.468 e. The average molecular weight is 309 g/mol. The van der Waals surface area contributed by atoms with Crippen molar-refractivity contribution in [1.29, 1.82) is 0 Å². The molecule has 0 saturated carbocycles. The summed E-state index contributed by atoms with van der Waals surface area (Å²) in [6.07, 6.45) is 1.70. The molecule has 3 rings (SSSR count). The number of hydrogen-bond donors (Lipinski definition) is 0. The maximum Gasteiger partial charge on any atom is 0.129 e. The quantitative estimate of drug-likeness (QED) is 0.863. The summed E-state index contributed by atoms with van der Waals surface area (Å²) < 4.78 is 19.2. The van der Waals surface area contributed by atoms with Gasteiger partial charge in [0.1, 0.15) is 11.6 Å². The van der Waals surface area contributed by atoms with Gasteiger partial charge in [0.05, 0.1) is 12.8 Å². The molecule has 0 amide bonds. The van der Waals surface area contributed by atoms with E-state index in [9.17, 15) is 4.39 Å². The summed E-state index contributed by atoms with van der Waals surface area (Å²) in [7, 11) is 0. The van der Waals surface area contributed by atoms with Crippen molar-refractivity contribution in [2.75, 3.05) is 26.2 Å². The smallest absolute Gasteiger partial charge is 0.129 e. The lowest BCUT2D eigenvalue weighted by atomic mass is 10.2. The van der Waals surface area contributed by atoms with Crippen molar-refractivity contribution >= 4 is 11.6 Å². The van der Waals surface area contributed by atoms with Crippen molar-refractivity contribution in [1.82, 2.24) is 9.80 Å². The third-order valence-electron chi connectivity index (χ3n) is 3.87.